The van der Waals surface area contributed by atoms with Crippen molar-refractivity contribution in [2.45, 2.75) is 0 Å². The Labute approximate surface area is 149 Å². The van der Waals surface area contributed by atoms with Crippen molar-refractivity contribution in [2.75, 3.05) is 50.2 Å². The number of hydrogen-bond acceptors (Lipinski definition) is 9. The van der Waals surface area contributed by atoms with Crippen LogP contribution in [0.25, 0.3) is 0 Å². The summed E-state index contributed by atoms with van der Waals surface area (Å²) in [5, 5.41) is 14.7. The van der Waals surface area contributed by atoms with E-state index < -0.39 is 4.92 Å². The van der Waals surface area contributed by atoms with Gasteiger partial charge in [-0.1, -0.05) is 0 Å². The highest BCUT2D eigenvalue weighted by Gasteiger charge is 2.29. The Balaban J connectivity index is 1.65. The van der Waals surface area contributed by atoms with Crippen LogP contribution in [-0.2, 0) is 0 Å². The highest BCUT2D eigenvalue weighted by Crippen LogP contribution is 2.37. The fraction of sp³-hybridized carbons (Fsp3) is 0.375. The van der Waals surface area contributed by atoms with Crippen molar-refractivity contribution in [1.82, 2.24) is 14.9 Å². The van der Waals surface area contributed by atoms with Crippen LogP contribution in [0.15, 0.2) is 24.5 Å². The van der Waals surface area contributed by atoms with Gasteiger partial charge in [0, 0.05) is 37.9 Å². The van der Waals surface area contributed by atoms with Crippen molar-refractivity contribution in [2.24, 2.45) is 0 Å². The lowest BCUT2D eigenvalue weighted by Crippen LogP contribution is -2.45. The van der Waals surface area contributed by atoms with Crippen molar-refractivity contribution in [1.29, 1.82) is 0 Å². The molecule has 26 heavy (non-hydrogen) atoms. The number of rotatable bonds is 4. The van der Waals surface area contributed by atoms with Crippen LogP contribution in [0, 0.1) is 10.1 Å². The summed E-state index contributed by atoms with van der Waals surface area (Å²) in [6.07, 6.45) is 1.34. The lowest BCUT2D eigenvalue weighted by molar-refractivity contribution is -0.383. The van der Waals surface area contributed by atoms with Gasteiger partial charge >= 0.3 is 5.69 Å². The van der Waals surface area contributed by atoms with Gasteiger partial charge in [-0.05, 0) is 19.2 Å². The molecule has 1 saturated heterocycles. The molecule has 2 aliphatic heterocycles. The maximum Gasteiger partial charge on any atom is 0.353 e. The van der Waals surface area contributed by atoms with E-state index in [1.54, 1.807) is 18.2 Å². The molecule has 2 aliphatic rings. The zero-order valence-corrected chi connectivity index (χ0v) is 14.2. The van der Waals surface area contributed by atoms with Gasteiger partial charge in [-0.25, -0.2) is 9.97 Å². The average molecular weight is 358 g/mol. The van der Waals surface area contributed by atoms with Gasteiger partial charge in [0.2, 0.25) is 18.4 Å². The van der Waals surface area contributed by atoms with Crippen LogP contribution in [-0.4, -0.2) is 59.8 Å². The summed E-state index contributed by atoms with van der Waals surface area (Å²) in [7, 11) is 2.03. The fourth-order valence-electron chi connectivity index (χ4n) is 2.99. The first-order valence-corrected chi connectivity index (χ1v) is 8.21. The molecule has 10 heteroatoms. The molecule has 136 valence electrons. The zero-order valence-electron chi connectivity index (χ0n) is 14.2. The normalized spacial score (nSPS) is 16.6. The van der Waals surface area contributed by atoms with Crippen LogP contribution in [0.2, 0.25) is 0 Å². The Bertz CT molecular complexity index is 837. The third kappa shape index (κ3) is 3.06. The SMILES string of the molecule is CN1CCN(c2ncnc(Nc3ccc4c(c3)OCO4)c2[N+](=O)[O-])CC1. The summed E-state index contributed by atoms with van der Waals surface area (Å²) in [5.74, 6) is 1.72. The molecule has 0 unspecified atom stereocenters. The number of aromatic nitrogens is 2. The monoisotopic (exact) mass is 358 g/mol. The standard InChI is InChI=1S/C16H18N6O4/c1-20-4-6-21(7-5-20)16-14(22(23)24)15(17-9-18-16)19-11-2-3-12-13(8-11)26-10-25-12/h2-3,8-9H,4-7,10H2,1H3,(H,17,18,19). The Hall–Kier alpha value is -3.14. The Morgan fingerprint density at radius 2 is 1.92 bits per heavy atom. The second-order valence-electron chi connectivity index (χ2n) is 6.13. The Morgan fingerprint density at radius 1 is 1.15 bits per heavy atom. The van der Waals surface area contributed by atoms with Crippen LogP contribution in [0.5, 0.6) is 11.5 Å². The first-order valence-electron chi connectivity index (χ1n) is 8.21. The zero-order chi connectivity index (χ0) is 18.1. The molecule has 1 fully saturated rings. The molecule has 0 aliphatic carbocycles. The number of piperazine rings is 1. The number of nitro groups is 1. The highest BCUT2D eigenvalue weighted by atomic mass is 16.7. The summed E-state index contributed by atoms with van der Waals surface area (Å²) in [4.78, 5) is 23.7. The minimum Gasteiger partial charge on any atom is -0.454 e. The summed E-state index contributed by atoms with van der Waals surface area (Å²) < 4.78 is 10.6. The maximum atomic E-state index is 11.7. The predicted molar refractivity (Wildman–Crippen MR) is 94.2 cm³/mol. The topological polar surface area (TPSA) is 106 Å². The molecule has 0 amide bonds. The molecule has 0 atom stereocenters. The van der Waals surface area contributed by atoms with E-state index >= 15 is 0 Å². The molecule has 1 aromatic carbocycles. The lowest BCUT2D eigenvalue weighted by Gasteiger charge is -2.32. The summed E-state index contributed by atoms with van der Waals surface area (Å²) in [5.41, 5.74) is 0.495. The van der Waals surface area contributed by atoms with Gasteiger partial charge in [-0.2, -0.15) is 0 Å². The molecule has 0 radical (unpaired) electrons. The van der Waals surface area contributed by atoms with Crippen molar-refractivity contribution < 1.29 is 14.4 Å². The maximum absolute atomic E-state index is 11.7. The molecule has 0 spiro atoms. The van der Waals surface area contributed by atoms with E-state index in [-0.39, 0.29) is 18.3 Å². The molecular formula is C16H18N6O4. The number of nitrogens with zero attached hydrogens (tertiary/aromatic N) is 5. The Kier molecular flexibility index (Phi) is 4.17. The first-order chi connectivity index (χ1) is 12.6. The van der Waals surface area contributed by atoms with Gasteiger partial charge in [-0.3, -0.25) is 10.1 Å². The van der Waals surface area contributed by atoms with E-state index in [2.05, 4.69) is 20.2 Å². The molecule has 4 rings (SSSR count). The van der Waals surface area contributed by atoms with E-state index in [9.17, 15) is 10.1 Å². The van der Waals surface area contributed by atoms with Gasteiger partial charge in [-0.15, -0.1) is 0 Å². The first kappa shape index (κ1) is 16.3. The van der Waals surface area contributed by atoms with E-state index in [1.165, 1.54) is 6.33 Å². The fourth-order valence-corrected chi connectivity index (χ4v) is 2.99. The molecule has 10 nitrogen and oxygen atoms in total. The minimum absolute atomic E-state index is 0.130. The second kappa shape index (κ2) is 6.64. The van der Waals surface area contributed by atoms with Gasteiger partial charge in [0.25, 0.3) is 0 Å². The summed E-state index contributed by atoms with van der Waals surface area (Å²) >= 11 is 0. The van der Waals surface area contributed by atoms with E-state index in [0.717, 1.165) is 13.1 Å². The number of benzene rings is 1. The number of likely N-dealkylation sites (N-methyl/N-ethyl adjacent to an activating group) is 1. The molecule has 3 heterocycles. The molecule has 1 aromatic heterocycles. The molecule has 1 N–H and O–H groups in total. The van der Waals surface area contributed by atoms with Crippen LogP contribution >= 0.6 is 0 Å². The van der Waals surface area contributed by atoms with Crippen molar-refractivity contribution >= 4 is 23.0 Å². The molecular weight excluding hydrogens is 340 g/mol. The van der Waals surface area contributed by atoms with Crippen LogP contribution in [0.3, 0.4) is 0 Å². The van der Waals surface area contributed by atoms with E-state index in [0.29, 0.717) is 36.1 Å². The smallest absolute Gasteiger partial charge is 0.353 e. The summed E-state index contributed by atoms with van der Waals surface area (Å²) in [6.45, 7) is 3.17. The van der Waals surface area contributed by atoms with E-state index in [4.69, 9.17) is 9.47 Å². The van der Waals surface area contributed by atoms with E-state index in [1.807, 2.05) is 11.9 Å². The van der Waals surface area contributed by atoms with Crippen LogP contribution in [0.4, 0.5) is 23.0 Å². The quantitative estimate of drug-likeness (QED) is 0.644. The van der Waals surface area contributed by atoms with Crippen LogP contribution in [0.1, 0.15) is 0 Å². The summed E-state index contributed by atoms with van der Waals surface area (Å²) in [6, 6.07) is 5.23. The highest BCUT2D eigenvalue weighted by molar-refractivity contribution is 5.75. The molecule has 0 bridgehead atoms. The largest absolute Gasteiger partial charge is 0.454 e. The number of nitrogens with one attached hydrogen (secondary N) is 1. The van der Waals surface area contributed by atoms with Gasteiger partial charge < -0.3 is 24.6 Å². The second-order valence-corrected chi connectivity index (χ2v) is 6.13. The Morgan fingerprint density at radius 3 is 2.69 bits per heavy atom. The molecule has 2 aromatic rings. The number of ether oxygens (including phenoxy) is 2. The van der Waals surface area contributed by atoms with Crippen LogP contribution < -0.4 is 19.7 Å². The predicted octanol–water partition coefficient (Wildman–Crippen LogP) is 1.61. The lowest BCUT2D eigenvalue weighted by atomic mass is 10.2. The minimum atomic E-state index is -0.442. The van der Waals surface area contributed by atoms with Gasteiger partial charge in [0.1, 0.15) is 6.33 Å². The van der Waals surface area contributed by atoms with Gasteiger partial charge in [0.05, 0.1) is 4.92 Å². The van der Waals surface area contributed by atoms with Crippen molar-refractivity contribution in [3.63, 3.8) is 0 Å². The number of anilines is 3. The number of fused-ring (bicyclic) bond motifs is 1. The third-order valence-electron chi connectivity index (χ3n) is 4.42. The van der Waals surface area contributed by atoms with Gasteiger partial charge in [0.15, 0.2) is 11.5 Å². The van der Waals surface area contributed by atoms with Crippen molar-refractivity contribution in [3.8, 4) is 11.5 Å². The molecule has 0 saturated carbocycles. The third-order valence-corrected chi connectivity index (χ3v) is 4.42. The van der Waals surface area contributed by atoms with Crippen molar-refractivity contribution in [3.05, 3.63) is 34.6 Å². The number of hydrogen-bond donors (Lipinski definition) is 1. The average Bonchev–Trinajstić information content (AvgIpc) is 3.10.